The van der Waals surface area contributed by atoms with Crippen LogP contribution in [0.2, 0.25) is 0 Å². The normalized spacial score (nSPS) is 21.4. The Morgan fingerprint density at radius 3 is 2.05 bits per heavy atom. The highest BCUT2D eigenvalue weighted by Gasteiger charge is 2.46. The minimum Gasteiger partial charge on any atom is -0.277 e. The van der Waals surface area contributed by atoms with Crippen molar-refractivity contribution < 1.29 is 9.59 Å². The van der Waals surface area contributed by atoms with Crippen molar-refractivity contribution in [1.29, 1.82) is 0 Å². The molecule has 2 amide bonds. The number of likely N-dealkylation sites (tertiary alicyclic amines) is 1. The lowest BCUT2D eigenvalue weighted by molar-refractivity contribution is -0.140. The second-order valence-electron chi connectivity index (χ2n) is 5.65. The van der Waals surface area contributed by atoms with Crippen molar-refractivity contribution in [3.05, 3.63) is 71.8 Å². The van der Waals surface area contributed by atoms with E-state index in [1.807, 2.05) is 67.6 Å². The minimum atomic E-state index is -0.345. The number of amides is 2. The Kier molecular flexibility index (Phi) is 4.05. The Morgan fingerprint density at radius 2 is 1.45 bits per heavy atom. The lowest BCUT2D eigenvalue weighted by Crippen LogP contribution is -2.30. The van der Waals surface area contributed by atoms with E-state index < -0.39 is 0 Å². The summed E-state index contributed by atoms with van der Waals surface area (Å²) in [4.78, 5) is 26.9. The molecule has 3 nitrogen and oxygen atoms in total. The van der Waals surface area contributed by atoms with E-state index in [-0.39, 0.29) is 23.7 Å². The monoisotopic (exact) mass is 293 g/mol. The fourth-order valence-electron chi connectivity index (χ4n) is 3.16. The maximum absolute atomic E-state index is 12.8. The van der Waals surface area contributed by atoms with Crippen LogP contribution in [0.15, 0.2) is 60.7 Å². The van der Waals surface area contributed by atoms with Crippen molar-refractivity contribution in [2.45, 2.75) is 25.8 Å². The van der Waals surface area contributed by atoms with Gasteiger partial charge in [0, 0.05) is 0 Å². The lowest BCUT2D eigenvalue weighted by Gasteiger charge is -2.15. The van der Waals surface area contributed by atoms with Crippen molar-refractivity contribution in [3.63, 3.8) is 0 Å². The van der Waals surface area contributed by atoms with Gasteiger partial charge in [0.05, 0.1) is 18.4 Å². The number of hydrogen-bond acceptors (Lipinski definition) is 2. The fraction of sp³-hybridized carbons (Fsp3) is 0.263. The minimum absolute atomic E-state index is 0.0507. The van der Waals surface area contributed by atoms with E-state index in [9.17, 15) is 9.59 Å². The molecule has 22 heavy (non-hydrogen) atoms. The average molecular weight is 293 g/mol. The third-order valence-corrected chi connectivity index (χ3v) is 4.30. The molecule has 0 radical (unpaired) electrons. The van der Waals surface area contributed by atoms with Gasteiger partial charge in [-0.3, -0.25) is 14.5 Å². The highest BCUT2D eigenvalue weighted by molar-refractivity contribution is 6.07. The van der Waals surface area contributed by atoms with Crippen LogP contribution in [-0.4, -0.2) is 16.7 Å². The van der Waals surface area contributed by atoms with Crippen LogP contribution in [0.25, 0.3) is 0 Å². The topological polar surface area (TPSA) is 37.4 Å². The summed E-state index contributed by atoms with van der Waals surface area (Å²) < 4.78 is 0. The Balaban J connectivity index is 1.90. The molecule has 1 fully saturated rings. The van der Waals surface area contributed by atoms with Crippen LogP contribution in [0.3, 0.4) is 0 Å². The summed E-state index contributed by atoms with van der Waals surface area (Å²) >= 11 is 0. The van der Waals surface area contributed by atoms with Crippen LogP contribution >= 0.6 is 0 Å². The van der Waals surface area contributed by atoms with Crippen molar-refractivity contribution >= 4 is 11.8 Å². The van der Waals surface area contributed by atoms with Gasteiger partial charge in [-0.25, -0.2) is 0 Å². The molecule has 0 aromatic heterocycles. The van der Waals surface area contributed by atoms with Crippen molar-refractivity contribution in [1.82, 2.24) is 4.90 Å². The van der Waals surface area contributed by atoms with Crippen LogP contribution in [-0.2, 0) is 16.1 Å². The van der Waals surface area contributed by atoms with E-state index >= 15 is 0 Å². The van der Waals surface area contributed by atoms with Gasteiger partial charge in [-0.05, 0) is 17.5 Å². The number of carbonyl (C=O) groups is 2. The van der Waals surface area contributed by atoms with E-state index in [4.69, 9.17) is 0 Å². The smallest absolute Gasteiger partial charge is 0.237 e. The third kappa shape index (κ3) is 2.54. The molecule has 1 aliphatic heterocycles. The summed E-state index contributed by atoms with van der Waals surface area (Å²) in [5.41, 5.74) is 1.91. The molecule has 0 saturated carbocycles. The molecule has 3 heteroatoms. The Hall–Kier alpha value is -2.42. The second-order valence-corrected chi connectivity index (χ2v) is 5.65. The van der Waals surface area contributed by atoms with Gasteiger partial charge in [0.1, 0.15) is 0 Å². The molecular weight excluding hydrogens is 274 g/mol. The number of benzene rings is 2. The summed E-state index contributed by atoms with van der Waals surface area (Å²) in [6.45, 7) is 2.33. The zero-order valence-electron chi connectivity index (χ0n) is 12.6. The first-order valence-corrected chi connectivity index (χ1v) is 7.66. The molecule has 0 N–H and O–H groups in total. The van der Waals surface area contributed by atoms with Gasteiger partial charge < -0.3 is 0 Å². The molecule has 2 aromatic rings. The third-order valence-electron chi connectivity index (χ3n) is 4.30. The molecule has 0 aliphatic carbocycles. The van der Waals surface area contributed by atoms with Gasteiger partial charge >= 0.3 is 0 Å². The van der Waals surface area contributed by atoms with Gasteiger partial charge in [0.15, 0.2) is 0 Å². The maximum Gasteiger partial charge on any atom is 0.237 e. The van der Waals surface area contributed by atoms with Gasteiger partial charge in [-0.1, -0.05) is 67.6 Å². The quantitative estimate of drug-likeness (QED) is 0.811. The number of carbonyl (C=O) groups excluding carboxylic acids is 2. The summed E-state index contributed by atoms with van der Waals surface area (Å²) in [5.74, 6) is -0.724. The number of nitrogens with zero attached hydrogens (tertiary/aromatic N) is 1. The van der Waals surface area contributed by atoms with Crippen molar-refractivity contribution in [3.8, 4) is 0 Å². The lowest BCUT2D eigenvalue weighted by atomic mass is 9.86. The number of hydrogen-bond donors (Lipinski definition) is 0. The largest absolute Gasteiger partial charge is 0.277 e. The summed E-state index contributed by atoms with van der Waals surface area (Å²) in [6.07, 6.45) is 0.676. The van der Waals surface area contributed by atoms with Crippen LogP contribution in [0.5, 0.6) is 0 Å². The zero-order chi connectivity index (χ0) is 15.5. The van der Waals surface area contributed by atoms with Gasteiger partial charge in [-0.2, -0.15) is 0 Å². The average Bonchev–Trinajstić information content (AvgIpc) is 2.80. The highest BCUT2D eigenvalue weighted by atomic mass is 16.2. The molecule has 2 aromatic carbocycles. The fourth-order valence-corrected chi connectivity index (χ4v) is 3.16. The standard InChI is InChI=1S/C19H19NO2/c1-2-16-17(15-11-7-4-8-12-15)19(22)20(18(16)21)13-14-9-5-3-6-10-14/h3-12,16-17H,2,13H2,1H3/t16-,17-/m0/s1. The molecule has 1 aliphatic rings. The summed E-state index contributed by atoms with van der Waals surface area (Å²) in [7, 11) is 0. The van der Waals surface area contributed by atoms with Gasteiger partial charge in [0.25, 0.3) is 0 Å². The van der Waals surface area contributed by atoms with E-state index in [1.165, 1.54) is 4.90 Å². The molecule has 3 rings (SSSR count). The van der Waals surface area contributed by atoms with E-state index in [2.05, 4.69) is 0 Å². The summed E-state index contributed by atoms with van der Waals surface area (Å²) in [5, 5.41) is 0. The highest BCUT2D eigenvalue weighted by Crippen LogP contribution is 2.37. The van der Waals surface area contributed by atoms with Gasteiger partial charge in [0.2, 0.25) is 11.8 Å². The Morgan fingerprint density at radius 1 is 0.864 bits per heavy atom. The van der Waals surface area contributed by atoms with Crippen LogP contribution < -0.4 is 0 Å². The SMILES string of the molecule is CC[C@@H]1C(=O)N(Cc2ccccc2)C(=O)[C@H]1c1ccccc1. The molecule has 1 heterocycles. The van der Waals surface area contributed by atoms with Crippen LogP contribution in [0.4, 0.5) is 0 Å². The maximum atomic E-state index is 12.8. The molecule has 1 saturated heterocycles. The molecule has 112 valence electrons. The first-order chi connectivity index (χ1) is 10.7. The van der Waals surface area contributed by atoms with E-state index in [0.29, 0.717) is 13.0 Å². The molecular formula is C19H19NO2. The second kappa shape index (κ2) is 6.14. The molecule has 0 unspecified atom stereocenters. The van der Waals surface area contributed by atoms with E-state index in [1.54, 1.807) is 0 Å². The van der Waals surface area contributed by atoms with Crippen molar-refractivity contribution in [2.75, 3.05) is 0 Å². The predicted octanol–water partition coefficient (Wildman–Crippen LogP) is 3.37. The molecule has 2 atom stereocenters. The van der Waals surface area contributed by atoms with Gasteiger partial charge in [-0.15, -0.1) is 0 Å². The summed E-state index contributed by atoms with van der Waals surface area (Å²) in [6, 6.07) is 19.3. The van der Waals surface area contributed by atoms with Crippen molar-refractivity contribution in [2.24, 2.45) is 5.92 Å². The number of imide groups is 1. The molecule has 0 bridgehead atoms. The van der Waals surface area contributed by atoms with Crippen LogP contribution in [0.1, 0.15) is 30.4 Å². The van der Waals surface area contributed by atoms with E-state index in [0.717, 1.165) is 11.1 Å². The first-order valence-electron chi connectivity index (χ1n) is 7.66. The number of rotatable bonds is 4. The zero-order valence-corrected chi connectivity index (χ0v) is 12.6. The molecule has 0 spiro atoms. The Bertz CT molecular complexity index is 666. The Labute approximate surface area is 130 Å². The van der Waals surface area contributed by atoms with Crippen LogP contribution in [0, 0.1) is 5.92 Å². The first kappa shape index (κ1) is 14.5. The predicted molar refractivity (Wildman–Crippen MR) is 85.0 cm³/mol.